The minimum atomic E-state index is -3.57. The second-order valence-electron chi connectivity index (χ2n) is 8.02. The van der Waals surface area contributed by atoms with E-state index in [9.17, 15) is 13.2 Å². The van der Waals surface area contributed by atoms with E-state index >= 15 is 0 Å². The number of sulfonamides is 1. The van der Waals surface area contributed by atoms with Crippen LogP contribution in [0.4, 0.5) is 5.13 Å². The van der Waals surface area contributed by atoms with E-state index in [1.165, 1.54) is 15.6 Å². The quantitative estimate of drug-likeness (QED) is 0.587. The molecule has 1 fully saturated rings. The highest BCUT2D eigenvalue weighted by Crippen LogP contribution is 2.28. The molecule has 1 aliphatic heterocycles. The van der Waals surface area contributed by atoms with Gasteiger partial charge in [-0.1, -0.05) is 43.4 Å². The average molecular weight is 472 g/mol. The van der Waals surface area contributed by atoms with Gasteiger partial charge >= 0.3 is 0 Å². The van der Waals surface area contributed by atoms with Crippen LogP contribution >= 0.6 is 11.3 Å². The Kier molecular flexibility index (Phi) is 6.63. The molecule has 3 heterocycles. The summed E-state index contributed by atoms with van der Waals surface area (Å²) in [5, 5.41) is 12.0. The Morgan fingerprint density at radius 2 is 1.81 bits per heavy atom. The number of hydrogen-bond donors (Lipinski definition) is 1. The first kappa shape index (κ1) is 22.5. The van der Waals surface area contributed by atoms with Crippen LogP contribution in [0.3, 0.4) is 0 Å². The number of carbonyl (C=O) groups is 1. The number of carbonyl (C=O) groups excluding carboxylic acids is 1. The van der Waals surface area contributed by atoms with Crippen LogP contribution in [0.25, 0.3) is 10.7 Å². The first-order valence-corrected chi connectivity index (χ1v) is 12.8. The number of anilines is 1. The zero-order valence-corrected chi connectivity index (χ0v) is 19.6. The summed E-state index contributed by atoms with van der Waals surface area (Å²) in [4.78, 5) is 17.2. The van der Waals surface area contributed by atoms with Crippen molar-refractivity contribution in [3.63, 3.8) is 0 Å². The number of rotatable bonds is 6. The van der Waals surface area contributed by atoms with E-state index in [1.807, 2.05) is 30.3 Å². The van der Waals surface area contributed by atoms with E-state index < -0.39 is 10.0 Å². The van der Waals surface area contributed by atoms with E-state index in [-0.39, 0.29) is 11.8 Å². The van der Waals surface area contributed by atoms with Gasteiger partial charge in [0.25, 0.3) is 0 Å². The lowest BCUT2D eigenvalue weighted by Gasteiger charge is -2.30. The Hall–Kier alpha value is -2.69. The van der Waals surface area contributed by atoms with Gasteiger partial charge in [0.2, 0.25) is 21.1 Å². The molecule has 1 saturated heterocycles. The SMILES string of the molecule is CC(C)c1ccc(S(=O)(=O)N2CCC(C(=O)Nc3nnc(-c4ccccn4)s3)CC2)cc1. The van der Waals surface area contributed by atoms with E-state index in [0.29, 0.717) is 52.6 Å². The van der Waals surface area contributed by atoms with Crippen molar-refractivity contribution >= 4 is 32.4 Å². The Balaban J connectivity index is 1.35. The third-order valence-electron chi connectivity index (χ3n) is 5.55. The van der Waals surface area contributed by atoms with Crippen molar-refractivity contribution in [3.8, 4) is 10.7 Å². The van der Waals surface area contributed by atoms with Gasteiger partial charge in [0, 0.05) is 25.2 Å². The molecule has 10 heteroatoms. The van der Waals surface area contributed by atoms with Crippen molar-refractivity contribution in [2.24, 2.45) is 5.92 Å². The van der Waals surface area contributed by atoms with Gasteiger partial charge in [-0.05, 0) is 48.6 Å². The number of piperidine rings is 1. The van der Waals surface area contributed by atoms with E-state index in [1.54, 1.807) is 18.3 Å². The van der Waals surface area contributed by atoms with E-state index in [4.69, 9.17) is 0 Å². The molecule has 4 rings (SSSR count). The minimum Gasteiger partial charge on any atom is -0.300 e. The number of aromatic nitrogens is 3. The van der Waals surface area contributed by atoms with Crippen LogP contribution in [0.2, 0.25) is 0 Å². The van der Waals surface area contributed by atoms with Crippen molar-refractivity contribution in [2.75, 3.05) is 18.4 Å². The van der Waals surface area contributed by atoms with Crippen LogP contribution in [-0.2, 0) is 14.8 Å². The Morgan fingerprint density at radius 1 is 1.09 bits per heavy atom. The highest BCUT2D eigenvalue weighted by molar-refractivity contribution is 7.89. The molecule has 1 aromatic carbocycles. The molecule has 1 N–H and O–H groups in total. The smallest absolute Gasteiger partial charge is 0.243 e. The normalized spacial score (nSPS) is 15.7. The van der Waals surface area contributed by atoms with Crippen LogP contribution in [0.1, 0.15) is 38.2 Å². The zero-order chi connectivity index (χ0) is 22.7. The van der Waals surface area contributed by atoms with E-state index in [0.717, 1.165) is 5.56 Å². The summed E-state index contributed by atoms with van der Waals surface area (Å²) < 4.78 is 27.4. The summed E-state index contributed by atoms with van der Waals surface area (Å²) in [5.41, 5.74) is 1.80. The van der Waals surface area contributed by atoms with Crippen LogP contribution in [0.5, 0.6) is 0 Å². The second-order valence-corrected chi connectivity index (χ2v) is 10.9. The van der Waals surface area contributed by atoms with Crippen molar-refractivity contribution < 1.29 is 13.2 Å². The monoisotopic (exact) mass is 471 g/mol. The van der Waals surface area contributed by atoms with Crippen molar-refractivity contribution in [1.29, 1.82) is 0 Å². The number of hydrogen-bond acceptors (Lipinski definition) is 7. The fourth-order valence-electron chi connectivity index (χ4n) is 3.61. The summed E-state index contributed by atoms with van der Waals surface area (Å²) in [6.07, 6.45) is 2.59. The topological polar surface area (TPSA) is 105 Å². The number of nitrogens with zero attached hydrogens (tertiary/aromatic N) is 4. The minimum absolute atomic E-state index is 0.160. The lowest BCUT2D eigenvalue weighted by Crippen LogP contribution is -2.41. The highest BCUT2D eigenvalue weighted by Gasteiger charge is 2.32. The molecule has 8 nitrogen and oxygen atoms in total. The molecule has 0 spiro atoms. The number of amides is 1. The predicted octanol–water partition coefficient (Wildman–Crippen LogP) is 3.76. The molecule has 0 unspecified atom stereocenters. The lowest BCUT2D eigenvalue weighted by molar-refractivity contribution is -0.120. The maximum Gasteiger partial charge on any atom is 0.243 e. The zero-order valence-electron chi connectivity index (χ0n) is 17.9. The molecule has 1 aliphatic rings. The van der Waals surface area contributed by atoms with Crippen LogP contribution < -0.4 is 5.32 Å². The molecule has 168 valence electrons. The fourth-order valence-corrected chi connectivity index (χ4v) is 5.80. The summed E-state index contributed by atoms with van der Waals surface area (Å²) in [6, 6.07) is 12.6. The fraction of sp³-hybridized carbons (Fsp3) is 0.364. The first-order chi connectivity index (χ1) is 15.3. The Bertz CT molecular complexity index is 1170. The van der Waals surface area contributed by atoms with Crippen molar-refractivity contribution in [3.05, 3.63) is 54.2 Å². The Morgan fingerprint density at radius 3 is 2.44 bits per heavy atom. The van der Waals surface area contributed by atoms with Crippen molar-refractivity contribution in [2.45, 2.75) is 37.5 Å². The third kappa shape index (κ3) is 4.87. The molecular weight excluding hydrogens is 446 g/mol. The van der Waals surface area contributed by atoms with E-state index in [2.05, 4.69) is 34.3 Å². The van der Waals surface area contributed by atoms with Crippen LogP contribution in [-0.4, -0.2) is 46.9 Å². The van der Waals surface area contributed by atoms with Crippen LogP contribution in [0, 0.1) is 5.92 Å². The van der Waals surface area contributed by atoms with Crippen LogP contribution in [0.15, 0.2) is 53.6 Å². The van der Waals surface area contributed by atoms with Gasteiger partial charge in [0.15, 0.2) is 5.01 Å². The molecule has 0 radical (unpaired) electrons. The van der Waals surface area contributed by atoms with Gasteiger partial charge < -0.3 is 5.32 Å². The Labute approximate surface area is 191 Å². The molecule has 1 amide bonds. The average Bonchev–Trinajstić information content (AvgIpc) is 3.28. The maximum atomic E-state index is 13.0. The standard InChI is InChI=1S/C22H25N5O3S2/c1-15(2)16-6-8-18(9-7-16)32(29,30)27-13-10-17(11-14-27)20(28)24-22-26-25-21(31-22)19-5-3-4-12-23-19/h3-9,12,15,17H,10-11,13-14H2,1-2H3,(H,24,26,28). The number of pyridine rings is 1. The largest absolute Gasteiger partial charge is 0.300 e. The number of nitrogens with one attached hydrogen (secondary N) is 1. The summed E-state index contributed by atoms with van der Waals surface area (Å²) >= 11 is 1.26. The van der Waals surface area contributed by atoms with Gasteiger partial charge in [-0.2, -0.15) is 4.31 Å². The van der Waals surface area contributed by atoms with Gasteiger partial charge in [-0.3, -0.25) is 9.78 Å². The van der Waals surface area contributed by atoms with Gasteiger partial charge in [-0.15, -0.1) is 10.2 Å². The lowest BCUT2D eigenvalue weighted by atomic mass is 9.97. The van der Waals surface area contributed by atoms with Crippen molar-refractivity contribution in [1.82, 2.24) is 19.5 Å². The summed E-state index contributed by atoms with van der Waals surface area (Å²) in [6.45, 7) is 4.75. The molecular formula is C22H25N5O3S2. The second kappa shape index (κ2) is 9.43. The highest BCUT2D eigenvalue weighted by atomic mass is 32.2. The first-order valence-electron chi connectivity index (χ1n) is 10.5. The summed E-state index contributed by atoms with van der Waals surface area (Å²) in [5.74, 6) is -0.0897. The van der Waals surface area contributed by atoms with Gasteiger partial charge in [0.05, 0.1) is 4.90 Å². The molecule has 0 saturated carbocycles. The maximum absolute atomic E-state index is 13.0. The molecule has 0 aliphatic carbocycles. The summed E-state index contributed by atoms with van der Waals surface area (Å²) in [7, 11) is -3.57. The number of benzene rings is 1. The predicted molar refractivity (Wildman–Crippen MR) is 124 cm³/mol. The van der Waals surface area contributed by atoms with Gasteiger partial charge in [0.1, 0.15) is 5.69 Å². The molecule has 0 atom stereocenters. The third-order valence-corrected chi connectivity index (χ3v) is 8.32. The molecule has 2 aromatic heterocycles. The molecule has 3 aromatic rings. The van der Waals surface area contributed by atoms with Gasteiger partial charge in [-0.25, -0.2) is 8.42 Å². The molecule has 0 bridgehead atoms. The molecule has 32 heavy (non-hydrogen) atoms.